The van der Waals surface area contributed by atoms with Crippen LogP contribution in [0.25, 0.3) is 10.1 Å². The molecule has 102 valence electrons. The maximum Gasteiger partial charge on any atom is 0.0588 e. The lowest BCUT2D eigenvalue weighted by Gasteiger charge is -2.16. The van der Waals surface area contributed by atoms with Gasteiger partial charge in [0, 0.05) is 13.6 Å². The minimum absolute atomic E-state index is 0.214. The van der Waals surface area contributed by atoms with Crippen LogP contribution >= 0.6 is 43.2 Å². The molecular formula is C16H13Br2NS. The molecule has 0 amide bonds. The monoisotopic (exact) mass is 409 g/mol. The van der Waals surface area contributed by atoms with E-state index < -0.39 is 0 Å². The van der Waals surface area contributed by atoms with Gasteiger partial charge in [0.25, 0.3) is 0 Å². The molecule has 1 heterocycles. The van der Waals surface area contributed by atoms with Crippen LogP contribution in [0.3, 0.4) is 0 Å². The fourth-order valence-corrected chi connectivity index (χ4v) is 4.33. The van der Waals surface area contributed by atoms with Crippen molar-refractivity contribution >= 4 is 53.3 Å². The highest BCUT2D eigenvalue weighted by molar-refractivity contribution is 9.11. The van der Waals surface area contributed by atoms with Crippen molar-refractivity contribution in [2.24, 2.45) is 0 Å². The smallest absolute Gasteiger partial charge is 0.0588 e. The largest absolute Gasteiger partial charge is 0.309 e. The fourth-order valence-electron chi connectivity index (χ4n) is 2.42. The van der Waals surface area contributed by atoms with Crippen LogP contribution < -0.4 is 5.32 Å². The summed E-state index contributed by atoms with van der Waals surface area (Å²) in [6, 6.07) is 15.1. The Hall–Kier alpha value is -0.680. The van der Waals surface area contributed by atoms with E-state index in [1.165, 1.54) is 21.2 Å². The van der Waals surface area contributed by atoms with Crippen LogP contribution in [-0.4, -0.2) is 7.05 Å². The highest BCUT2D eigenvalue weighted by Crippen LogP contribution is 2.37. The first-order valence-corrected chi connectivity index (χ1v) is 8.75. The normalized spacial score (nSPS) is 12.8. The van der Waals surface area contributed by atoms with E-state index in [4.69, 9.17) is 0 Å². The van der Waals surface area contributed by atoms with Crippen molar-refractivity contribution in [1.29, 1.82) is 0 Å². The second-order valence-electron chi connectivity index (χ2n) is 4.58. The second-order valence-corrected chi connectivity index (χ2v) is 7.23. The van der Waals surface area contributed by atoms with Crippen molar-refractivity contribution in [3.8, 4) is 0 Å². The van der Waals surface area contributed by atoms with Gasteiger partial charge in [0.1, 0.15) is 0 Å². The zero-order valence-corrected chi connectivity index (χ0v) is 14.8. The van der Waals surface area contributed by atoms with Crippen LogP contribution in [0.1, 0.15) is 17.2 Å². The van der Waals surface area contributed by atoms with Gasteiger partial charge in [-0.2, -0.15) is 0 Å². The van der Waals surface area contributed by atoms with Gasteiger partial charge in [-0.25, -0.2) is 0 Å². The molecule has 0 fully saturated rings. The average Bonchev–Trinajstić information content (AvgIpc) is 2.87. The minimum Gasteiger partial charge on any atom is -0.309 e. The SMILES string of the molecule is CNC(c1ccc(Br)cc1)c1csc2c(Br)cccc12. The van der Waals surface area contributed by atoms with Gasteiger partial charge in [0.05, 0.1) is 6.04 Å². The Kier molecular flexibility index (Phi) is 4.26. The summed E-state index contributed by atoms with van der Waals surface area (Å²) in [6.07, 6.45) is 0. The Morgan fingerprint density at radius 3 is 2.50 bits per heavy atom. The van der Waals surface area contributed by atoms with Gasteiger partial charge in [0.2, 0.25) is 0 Å². The van der Waals surface area contributed by atoms with E-state index >= 15 is 0 Å². The van der Waals surface area contributed by atoms with Crippen LogP contribution in [0.4, 0.5) is 0 Å². The first-order valence-electron chi connectivity index (χ1n) is 6.29. The van der Waals surface area contributed by atoms with Crippen molar-refractivity contribution in [3.05, 3.63) is 67.9 Å². The van der Waals surface area contributed by atoms with E-state index in [1.807, 2.05) is 7.05 Å². The predicted molar refractivity (Wildman–Crippen MR) is 94.6 cm³/mol. The van der Waals surface area contributed by atoms with Gasteiger partial charge in [0.15, 0.2) is 0 Å². The first kappa shape index (κ1) is 14.3. The summed E-state index contributed by atoms with van der Waals surface area (Å²) < 4.78 is 3.57. The van der Waals surface area contributed by atoms with Crippen LogP contribution in [0.5, 0.6) is 0 Å². The molecule has 3 aromatic rings. The molecular weight excluding hydrogens is 398 g/mol. The van der Waals surface area contributed by atoms with Crippen LogP contribution in [0.2, 0.25) is 0 Å². The lowest BCUT2D eigenvalue weighted by molar-refractivity contribution is 0.698. The highest BCUT2D eigenvalue weighted by Gasteiger charge is 2.17. The third-order valence-electron chi connectivity index (χ3n) is 3.38. The summed E-state index contributed by atoms with van der Waals surface area (Å²) >= 11 is 8.91. The number of hydrogen-bond donors (Lipinski definition) is 1. The van der Waals surface area contributed by atoms with Gasteiger partial charge in [-0.3, -0.25) is 0 Å². The summed E-state index contributed by atoms with van der Waals surface area (Å²) in [6.45, 7) is 0. The standard InChI is InChI=1S/C16H13Br2NS/c1-19-15(10-5-7-11(17)8-6-10)13-9-20-16-12(13)3-2-4-14(16)18/h2-9,15,19H,1H3. The Morgan fingerprint density at radius 1 is 1.05 bits per heavy atom. The summed E-state index contributed by atoms with van der Waals surface area (Å²) in [5.41, 5.74) is 2.60. The number of halogens is 2. The molecule has 1 nitrogen and oxygen atoms in total. The molecule has 0 radical (unpaired) electrons. The van der Waals surface area contributed by atoms with Crippen LogP contribution in [0, 0.1) is 0 Å². The summed E-state index contributed by atoms with van der Waals surface area (Å²) in [5, 5.41) is 6.99. The third kappa shape index (κ3) is 2.58. The summed E-state index contributed by atoms with van der Waals surface area (Å²) in [4.78, 5) is 0. The molecule has 0 bridgehead atoms. The molecule has 0 aliphatic carbocycles. The molecule has 4 heteroatoms. The Balaban J connectivity index is 2.12. The first-order chi connectivity index (χ1) is 9.70. The van der Waals surface area contributed by atoms with Crippen molar-refractivity contribution in [1.82, 2.24) is 5.32 Å². The van der Waals surface area contributed by atoms with Crippen LogP contribution in [-0.2, 0) is 0 Å². The molecule has 20 heavy (non-hydrogen) atoms. The summed E-state index contributed by atoms with van der Waals surface area (Å²) in [7, 11) is 2.01. The molecule has 0 spiro atoms. The number of fused-ring (bicyclic) bond motifs is 1. The van der Waals surface area contributed by atoms with Crippen molar-refractivity contribution in [3.63, 3.8) is 0 Å². The van der Waals surface area contributed by atoms with Gasteiger partial charge in [-0.15, -0.1) is 11.3 Å². The average molecular weight is 411 g/mol. The topological polar surface area (TPSA) is 12.0 Å². The van der Waals surface area contributed by atoms with Crippen molar-refractivity contribution < 1.29 is 0 Å². The van der Waals surface area contributed by atoms with Gasteiger partial charge >= 0.3 is 0 Å². The number of benzene rings is 2. The molecule has 1 N–H and O–H groups in total. The molecule has 3 rings (SSSR count). The number of thiophene rings is 1. The van der Waals surface area contributed by atoms with E-state index in [-0.39, 0.29) is 6.04 Å². The maximum absolute atomic E-state index is 3.63. The van der Waals surface area contributed by atoms with Crippen LogP contribution in [0.15, 0.2) is 56.8 Å². The zero-order valence-electron chi connectivity index (χ0n) is 10.9. The van der Waals surface area contributed by atoms with Crippen molar-refractivity contribution in [2.75, 3.05) is 7.05 Å². The van der Waals surface area contributed by atoms with E-state index in [0.717, 1.165) is 8.95 Å². The van der Waals surface area contributed by atoms with E-state index in [0.29, 0.717) is 0 Å². The zero-order chi connectivity index (χ0) is 14.1. The lowest BCUT2D eigenvalue weighted by Crippen LogP contribution is -2.17. The molecule has 1 unspecified atom stereocenters. The predicted octanol–water partition coefficient (Wildman–Crippen LogP) is 5.74. The number of rotatable bonds is 3. The van der Waals surface area contributed by atoms with E-state index in [2.05, 4.69) is 85.0 Å². The molecule has 0 aliphatic rings. The Labute approximate surface area is 139 Å². The van der Waals surface area contributed by atoms with Gasteiger partial charge < -0.3 is 5.32 Å². The maximum atomic E-state index is 3.63. The molecule has 0 aliphatic heterocycles. The molecule has 0 saturated carbocycles. The Morgan fingerprint density at radius 2 is 1.80 bits per heavy atom. The molecule has 1 atom stereocenters. The second kappa shape index (κ2) is 5.98. The Bertz CT molecular complexity index is 734. The van der Waals surface area contributed by atoms with E-state index in [9.17, 15) is 0 Å². The van der Waals surface area contributed by atoms with Gasteiger partial charge in [-0.1, -0.05) is 40.2 Å². The molecule has 0 saturated heterocycles. The van der Waals surface area contributed by atoms with Gasteiger partial charge in [-0.05, 0) is 63.1 Å². The number of nitrogens with one attached hydrogen (secondary N) is 1. The molecule has 1 aromatic heterocycles. The van der Waals surface area contributed by atoms with Crippen molar-refractivity contribution in [2.45, 2.75) is 6.04 Å². The lowest BCUT2D eigenvalue weighted by atomic mass is 9.98. The summed E-state index contributed by atoms with van der Waals surface area (Å²) in [5.74, 6) is 0. The third-order valence-corrected chi connectivity index (χ3v) is 5.88. The fraction of sp³-hybridized carbons (Fsp3) is 0.125. The molecule has 2 aromatic carbocycles. The number of hydrogen-bond acceptors (Lipinski definition) is 2. The minimum atomic E-state index is 0.214. The van der Waals surface area contributed by atoms with E-state index in [1.54, 1.807) is 11.3 Å². The highest BCUT2D eigenvalue weighted by atomic mass is 79.9. The quantitative estimate of drug-likeness (QED) is 0.580.